The van der Waals surface area contributed by atoms with Crippen LogP contribution >= 0.6 is 15.9 Å². The second kappa shape index (κ2) is 6.05. The van der Waals surface area contributed by atoms with Gasteiger partial charge in [-0.3, -0.25) is 4.79 Å². The fourth-order valence-electron chi connectivity index (χ4n) is 2.94. The van der Waals surface area contributed by atoms with E-state index in [1.54, 1.807) is 18.2 Å². The topological polar surface area (TPSA) is 92.4 Å². The number of nitrogens with one attached hydrogen (secondary N) is 1. The zero-order valence-corrected chi connectivity index (χ0v) is 13.4. The van der Waals surface area contributed by atoms with E-state index < -0.39 is 17.4 Å². The zero-order valence-electron chi connectivity index (χ0n) is 11.9. The van der Waals surface area contributed by atoms with E-state index in [4.69, 9.17) is 5.73 Å². The predicted octanol–water partition coefficient (Wildman–Crippen LogP) is 2.99. The molecule has 0 heterocycles. The lowest BCUT2D eigenvalue weighted by Crippen LogP contribution is -2.49. The lowest BCUT2D eigenvalue weighted by Gasteiger charge is -2.38. The molecule has 4 N–H and O–H groups in total. The molecular formula is C15H19BrN2O3. The Morgan fingerprint density at radius 3 is 2.71 bits per heavy atom. The van der Waals surface area contributed by atoms with Crippen molar-refractivity contribution in [3.8, 4) is 0 Å². The van der Waals surface area contributed by atoms with Crippen LogP contribution in [0.15, 0.2) is 22.7 Å². The maximum atomic E-state index is 11.8. The third kappa shape index (κ3) is 3.37. The molecule has 2 atom stereocenters. The molecule has 1 fully saturated rings. The highest BCUT2D eigenvalue weighted by Gasteiger charge is 2.42. The van der Waals surface area contributed by atoms with Gasteiger partial charge in [-0.15, -0.1) is 0 Å². The highest BCUT2D eigenvalue weighted by Crippen LogP contribution is 2.37. The first-order valence-corrected chi connectivity index (χ1v) is 7.74. The number of hydrogen-bond acceptors (Lipinski definition) is 3. The van der Waals surface area contributed by atoms with Crippen molar-refractivity contribution in [2.24, 2.45) is 11.7 Å². The van der Waals surface area contributed by atoms with E-state index in [1.807, 2.05) is 0 Å². The molecule has 1 saturated carbocycles. The highest BCUT2D eigenvalue weighted by atomic mass is 79.9. The molecule has 0 radical (unpaired) electrons. The molecule has 5 nitrogen and oxygen atoms in total. The monoisotopic (exact) mass is 354 g/mol. The second-order valence-corrected chi connectivity index (χ2v) is 6.63. The summed E-state index contributed by atoms with van der Waals surface area (Å²) >= 11 is 3.37. The van der Waals surface area contributed by atoms with E-state index in [0.29, 0.717) is 34.5 Å². The number of halogens is 1. The van der Waals surface area contributed by atoms with Crippen LogP contribution in [0.3, 0.4) is 0 Å². The van der Waals surface area contributed by atoms with Crippen molar-refractivity contribution >= 4 is 33.5 Å². The molecule has 1 aromatic carbocycles. The van der Waals surface area contributed by atoms with Crippen LogP contribution in [0.1, 0.15) is 43.0 Å². The van der Waals surface area contributed by atoms with E-state index in [1.165, 1.54) is 0 Å². The molecule has 114 valence electrons. The van der Waals surface area contributed by atoms with E-state index in [2.05, 4.69) is 28.2 Å². The Labute approximate surface area is 132 Å². The van der Waals surface area contributed by atoms with E-state index in [0.717, 1.165) is 12.8 Å². The van der Waals surface area contributed by atoms with Gasteiger partial charge < -0.3 is 16.2 Å². The van der Waals surface area contributed by atoms with Crippen LogP contribution in [0.4, 0.5) is 5.69 Å². The van der Waals surface area contributed by atoms with Crippen LogP contribution in [0.25, 0.3) is 0 Å². The predicted molar refractivity (Wildman–Crippen MR) is 84.3 cm³/mol. The first-order valence-electron chi connectivity index (χ1n) is 6.95. The van der Waals surface area contributed by atoms with E-state index in [-0.39, 0.29) is 0 Å². The summed E-state index contributed by atoms with van der Waals surface area (Å²) in [5.74, 6) is -0.979. The maximum Gasteiger partial charge on any atom is 0.329 e. The van der Waals surface area contributed by atoms with Crippen LogP contribution in [-0.2, 0) is 4.79 Å². The van der Waals surface area contributed by atoms with Crippen LogP contribution in [0, 0.1) is 5.92 Å². The molecule has 1 amide bonds. The molecule has 0 bridgehead atoms. The van der Waals surface area contributed by atoms with Gasteiger partial charge in [-0.1, -0.05) is 19.8 Å². The van der Waals surface area contributed by atoms with Crippen molar-refractivity contribution in [3.63, 3.8) is 0 Å². The van der Waals surface area contributed by atoms with Crippen LogP contribution in [0.2, 0.25) is 0 Å². The molecule has 2 rings (SSSR count). The standard InChI is InChI=1S/C15H19BrN2O3/c1-9-3-2-6-15(8-9,14(20)21)18-12-5-4-10(13(17)19)7-11(12)16/h4-5,7,9,18H,2-3,6,8H2,1H3,(H2,17,19)(H,20,21). The van der Waals surface area contributed by atoms with Crippen molar-refractivity contribution in [1.29, 1.82) is 0 Å². The number of carboxylic acid groups (broad SMARTS) is 1. The Morgan fingerprint density at radius 1 is 1.48 bits per heavy atom. The summed E-state index contributed by atoms with van der Waals surface area (Å²) in [6, 6.07) is 4.89. The number of carbonyl (C=O) groups is 2. The number of rotatable bonds is 4. The summed E-state index contributed by atoms with van der Waals surface area (Å²) in [4.78, 5) is 22.9. The van der Waals surface area contributed by atoms with Crippen LogP contribution < -0.4 is 11.1 Å². The highest BCUT2D eigenvalue weighted by molar-refractivity contribution is 9.10. The number of aliphatic carboxylic acids is 1. The average molecular weight is 355 g/mol. The van der Waals surface area contributed by atoms with Crippen LogP contribution in [-0.4, -0.2) is 22.5 Å². The number of carboxylic acids is 1. The van der Waals surface area contributed by atoms with Gasteiger partial charge in [0.1, 0.15) is 5.54 Å². The molecule has 21 heavy (non-hydrogen) atoms. The number of anilines is 1. The molecule has 1 aromatic rings. The van der Waals surface area contributed by atoms with Gasteiger partial charge in [0, 0.05) is 15.7 Å². The summed E-state index contributed by atoms with van der Waals surface area (Å²) in [6.07, 6.45) is 3.12. The molecule has 0 spiro atoms. The Hall–Kier alpha value is -1.56. The van der Waals surface area contributed by atoms with Gasteiger partial charge in [-0.2, -0.15) is 0 Å². The first-order chi connectivity index (χ1) is 9.84. The molecule has 6 heteroatoms. The minimum Gasteiger partial charge on any atom is -0.480 e. The van der Waals surface area contributed by atoms with E-state index >= 15 is 0 Å². The van der Waals surface area contributed by atoms with Gasteiger partial charge in [0.2, 0.25) is 5.91 Å². The molecule has 1 aliphatic rings. The maximum absolute atomic E-state index is 11.8. The fraction of sp³-hybridized carbons (Fsp3) is 0.467. The second-order valence-electron chi connectivity index (χ2n) is 5.77. The lowest BCUT2D eigenvalue weighted by molar-refractivity contribution is -0.144. The quantitative estimate of drug-likeness (QED) is 0.774. The Balaban J connectivity index is 2.29. The van der Waals surface area contributed by atoms with Crippen molar-refractivity contribution < 1.29 is 14.7 Å². The van der Waals surface area contributed by atoms with Gasteiger partial charge in [-0.05, 0) is 52.9 Å². The van der Waals surface area contributed by atoms with Gasteiger partial charge in [0.15, 0.2) is 0 Å². The third-order valence-corrected chi connectivity index (χ3v) is 4.69. The Kier molecular flexibility index (Phi) is 4.56. The first kappa shape index (κ1) is 15.8. The molecule has 0 saturated heterocycles. The molecular weight excluding hydrogens is 336 g/mol. The number of primary amides is 1. The Bertz CT molecular complexity index is 576. The third-order valence-electron chi connectivity index (χ3n) is 4.03. The normalized spacial score (nSPS) is 25.3. The van der Waals surface area contributed by atoms with Crippen molar-refractivity contribution in [2.45, 2.75) is 38.1 Å². The van der Waals surface area contributed by atoms with Crippen molar-refractivity contribution in [2.75, 3.05) is 5.32 Å². The average Bonchev–Trinajstić information content (AvgIpc) is 2.40. The number of amides is 1. The summed E-state index contributed by atoms with van der Waals surface area (Å²) in [6.45, 7) is 2.07. The SMILES string of the molecule is CC1CCCC(Nc2ccc(C(N)=O)cc2Br)(C(=O)O)C1. The van der Waals surface area contributed by atoms with E-state index in [9.17, 15) is 14.7 Å². The summed E-state index contributed by atoms with van der Waals surface area (Å²) < 4.78 is 0.637. The zero-order chi connectivity index (χ0) is 15.6. The molecule has 2 unspecified atom stereocenters. The molecule has 0 aromatic heterocycles. The fourth-order valence-corrected chi connectivity index (χ4v) is 3.42. The van der Waals surface area contributed by atoms with Crippen molar-refractivity contribution in [3.05, 3.63) is 28.2 Å². The van der Waals surface area contributed by atoms with Crippen molar-refractivity contribution in [1.82, 2.24) is 0 Å². The van der Waals surface area contributed by atoms with Gasteiger partial charge in [0.05, 0.1) is 0 Å². The summed E-state index contributed by atoms with van der Waals surface area (Å²) in [5.41, 5.74) is 5.33. The van der Waals surface area contributed by atoms with Gasteiger partial charge in [-0.25, -0.2) is 4.79 Å². The molecule has 0 aliphatic heterocycles. The largest absolute Gasteiger partial charge is 0.480 e. The lowest BCUT2D eigenvalue weighted by atomic mass is 9.76. The number of hydrogen-bond donors (Lipinski definition) is 3. The number of benzene rings is 1. The minimum atomic E-state index is -0.950. The minimum absolute atomic E-state index is 0.367. The number of carbonyl (C=O) groups excluding carboxylic acids is 1. The van der Waals surface area contributed by atoms with Gasteiger partial charge >= 0.3 is 5.97 Å². The summed E-state index contributed by atoms with van der Waals surface area (Å²) in [5, 5.41) is 12.8. The molecule has 1 aliphatic carbocycles. The number of nitrogens with two attached hydrogens (primary N) is 1. The van der Waals surface area contributed by atoms with Gasteiger partial charge in [0.25, 0.3) is 0 Å². The summed E-state index contributed by atoms with van der Waals surface area (Å²) in [7, 11) is 0. The Morgan fingerprint density at radius 2 is 2.19 bits per heavy atom. The van der Waals surface area contributed by atoms with Crippen LogP contribution in [0.5, 0.6) is 0 Å². The smallest absolute Gasteiger partial charge is 0.329 e.